The first-order chi connectivity index (χ1) is 5.09. The van der Waals surface area contributed by atoms with Gasteiger partial charge in [-0.3, -0.25) is 9.59 Å². The third-order valence-corrected chi connectivity index (χ3v) is 1.22. The smallest absolute Gasteiger partial charge is 0.323 e. The van der Waals surface area contributed by atoms with Gasteiger partial charge in [-0.25, -0.2) is 0 Å². The number of aliphatic imine (C=N–C) groups is 1. The molecule has 6 nitrogen and oxygen atoms in total. The number of carboxylic acid groups (broad SMARTS) is 1. The van der Waals surface area contributed by atoms with Crippen LogP contribution >= 0.6 is 0 Å². The van der Waals surface area contributed by atoms with Crippen LogP contribution in [0.2, 0.25) is 0 Å². The third-order valence-electron chi connectivity index (χ3n) is 1.22. The molecule has 11 heavy (non-hydrogen) atoms. The molecule has 60 valence electrons. The maximum atomic E-state index is 10.5. The SMILES string of the molecule is NC1=NC(=O)CN1CC(=O)O. The van der Waals surface area contributed by atoms with Gasteiger partial charge in [0.05, 0.1) is 0 Å². The minimum absolute atomic E-state index is 0.0163. The molecule has 0 bridgehead atoms. The molecule has 0 aromatic rings. The lowest BCUT2D eigenvalue weighted by Gasteiger charge is -2.11. The van der Waals surface area contributed by atoms with E-state index < -0.39 is 11.9 Å². The van der Waals surface area contributed by atoms with Crippen molar-refractivity contribution in [1.29, 1.82) is 0 Å². The summed E-state index contributed by atoms with van der Waals surface area (Å²) in [5.41, 5.74) is 5.21. The average Bonchev–Trinajstić information content (AvgIpc) is 2.09. The van der Waals surface area contributed by atoms with Crippen LogP contribution in [0.15, 0.2) is 4.99 Å². The fourth-order valence-electron chi connectivity index (χ4n) is 0.778. The van der Waals surface area contributed by atoms with E-state index in [1.165, 1.54) is 4.90 Å². The van der Waals surface area contributed by atoms with Gasteiger partial charge in [0.15, 0.2) is 5.96 Å². The molecule has 0 aromatic heterocycles. The second-order valence-corrected chi connectivity index (χ2v) is 2.11. The Balaban J connectivity index is 2.57. The van der Waals surface area contributed by atoms with Crippen LogP contribution < -0.4 is 5.73 Å². The minimum atomic E-state index is -1.03. The second kappa shape index (κ2) is 2.57. The van der Waals surface area contributed by atoms with Crippen molar-refractivity contribution in [2.45, 2.75) is 0 Å². The summed E-state index contributed by atoms with van der Waals surface area (Å²) >= 11 is 0. The van der Waals surface area contributed by atoms with E-state index in [0.29, 0.717) is 0 Å². The van der Waals surface area contributed by atoms with E-state index >= 15 is 0 Å². The molecule has 1 aliphatic heterocycles. The Hall–Kier alpha value is -1.59. The number of nitrogens with zero attached hydrogens (tertiary/aromatic N) is 2. The lowest BCUT2D eigenvalue weighted by molar-refractivity contribution is -0.137. The van der Waals surface area contributed by atoms with Gasteiger partial charge in [-0.05, 0) is 0 Å². The maximum absolute atomic E-state index is 10.5. The predicted octanol–water partition coefficient (Wildman–Crippen LogP) is -1.77. The van der Waals surface area contributed by atoms with Crippen molar-refractivity contribution in [2.24, 2.45) is 10.7 Å². The first-order valence-corrected chi connectivity index (χ1v) is 2.93. The molecular weight excluding hydrogens is 150 g/mol. The normalized spacial score (nSPS) is 16.9. The molecule has 0 fully saturated rings. The lowest BCUT2D eigenvalue weighted by Crippen LogP contribution is -2.38. The van der Waals surface area contributed by atoms with Crippen LogP contribution in [0.4, 0.5) is 0 Å². The Labute approximate surface area is 62.3 Å². The first-order valence-electron chi connectivity index (χ1n) is 2.93. The van der Waals surface area contributed by atoms with E-state index in [-0.39, 0.29) is 19.0 Å². The third kappa shape index (κ3) is 1.66. The highest BCUT2D eigenvalue weighted by molar-refractivity contribution is 6.01. The van der Waals surface area contributed by atoms with Crippen molar-refractivity contribution in [3.63, 3.8) is 0 Å². The number of rotatable bonds is 2. The highest BCUT2D eigenvalue weighted by atomic mass is 16.4. The van der Waals surface area contributed by atoms with Crippen molar-refractivity contribution in [2.75, 3.05) is 13.1 Å². The number of carbonyl (C=O) groups excluding carboxylic acids is 1. The zero-order chi connectivity index (χ0) is 8.43. The van der Waals surface area contributed by atoms with E-state index in [2.05, 4.69) is 4.99 Å². The zero-order valence-electron chi connectivity index (χ0n) is 5.65. The van der Waals surface area contributed by atoms with Crippen molar-refractivity contribution < 1.29 is 14.7 Å². The summed E-state index contributed by atoms with van der Waals surface area (Å²) in [6.45, 7) is -0.306. The van der Waals surface area contributed by atoms with E-state index in [4.69, 9.17) is 10.8 Å². The second-order valence-electron chi connectivity index (χ2n) is 2.11. The molecule has 1 aliphatic rings. The van der Waals surface area contributed by atoms with Gasteiger partial charge in [0, 0.05) is 0 Å². The molecule has 6 heteroatoms. The molecule has 0 unspecified atom stereocenters. The molecule has 0 saturated carbocycles. The molecule has 0 spiro atoms. The number of nitrogens with two attached hydrogens (primary N) is 1. The van der Waals surface area contributed by atoms with Gasteiger partial charge in [0.1, 0.15) is 13.1 Å². The summed E-state index contributed by atoms with van der Waals surface area (Å²) in [5.74, 6) is -1.45. The number of hydrogen-bond donors (Lipinski definition) is 2. The van der Waals surface area contributed by atoms with E-state index in [0.717, 1.165) is 0 Å². The van der Waals surface area contributed by atoms with Crippen LogP contribution in [-0.2, 0) is 9.59 Å². The van der Waals surface area contributed by atoms with Gasteiger partial charge in [-0.15, -0.1) is 0 Å². The van der Waals surface area contributed by atoms with Crippen molar-refractivity contribution in [3.05, 3.63) is 0 Å². The minimum Gasteiger partial charge on any atom is -0.480 e. The summed E-state index contributed by atoms with van der Waals surface area (Å²) in [6, 6.07) is 0. The number of hydrogen-bond acceptors (Lipinski definition) is 4. The number of guanidine groups is 1. The fourth-order valence-corrected chi connectivity index (χ4v) is 0.778. The van der Waals surface area contributed by atoms with Gasteiger partial charge in [-0.1, -0.05) is 0 Å². The Morgan fingerprint density at radius 3 is 2.82 bits per heavy atom. The van der Waals surface area contributed by atoms with E-state index in [1.807, 2.05) is 0 Å². The van der Waals surface area contributed by atoms with E-state index in [1.54, 1.807) is 0 Å². The molecule has 0 atom stereocenters. The summed E-state index contributed by atoms with van der Waals surface area (Å²) < 4.78 is 0. The monoisotopic (exact) mass is 157 g/mol. The van der Waals surface area contributed by atoms with Crippen LogP contribution in [0, 0.1) is 0 Å². The molecule has 1 rings (SSSR count). The Morgan fingerprint density at radius 1 is 1.82 bits per heavy atom. The van der Waals surface area contributed by atoms with Gasteiger partial charge < -0.3 is 15.7 Å². The van der Waals surface area contributed by atoms with Gasteiger partial charge in [-0.2, -0.15) is 4.99 Å². The quantitative estimate of drug-likeness (QED) is 0.494. The lowest BCUT2D eigenvalue weighted by atomic mass is 10.5. The van der Waals surface area contributed by atoms with Crippen LogP contribution in [-0.4, -0.2) is 40.9 Å². The molecular formula is C5H7N3O3. The fraction of sp³-hybridized carbons (Fsp3) is 0.400. The maximum Gasteiger partial charge on any atom is 0.323 e. The molecule has 0 saturated heterocycles. The van der Waals surface area contributed by atoms with Gasteiger partial charge >= 0.3 is 5.97 Å². The number of amides is 1. The van der Waals surface area contributed by atoms with E-state index in [9.17, 15) is 9.59 Å². The first kappa shape index (κ1) is 7.52. The zero-order valence-corrected chi connectivity index (χ0v) is 5.65. The van der Waals surface area contributed by atoms with Crippen molar-refractivity contribution in [3.8, 4) is 0 Å². The van der Waals surface area contributed by atoms with Crippen LogP contribution in [0.1, 0.15) is 0 Å². The molecule has 0 aliphatic carbocycles. The van der Waals surface area contributed by atoms with Crippen LogP contribution in [0.5, 0.6) is 0 Å². The predicted molar refractivity (Wildman–Crippen MR) is 35.8 cm³/mol. The summed E-state index contributed by atoms with van der Waals surface area (Å²) in [5, 5.41) is 8.31. The molecule has 1 amide bonds. The Kier molecular flexibility index (Phi) is 1.75. The average molecular weight is 157 g/mol. The molecule has 0 radical (unpaired) electrons. The highest BCUT2D eigenvalue weighted by Crippen LogP contribution is 1.97. The summed E-state index contributed by atoms with van der Waals surface area (Å²) in [4.78, 5) is 25.2. The topological polar surface area (TPSA) is 96.0 Å². The number of aliphatic carboxylic acids is 1. The molecule has 3 N–H and O–H groups in total. The Morgan fingerprint density at radius 2 is 2.45 bits per heavy atom. The summed E-state index contributed by atoms with van der Waals surface area (Å²) in [6.07, 6.45) is 0. The number of carbonyl (C=O) groups is 2. The Bertz CT molecular complexity index is 235. The van der Waals surface area contributed by atoms with Crippen LogP contribution in [0.25, 0.3) is 0 Å². The van der Waals surface area contributed by atoms with Crippen molar-refractivity contribution >= 4 is 17.8 Å². The number of carboxylic acids is 1. The summed E-state index contributed by atoms with van der Waals surface area (Å²) in [7, 11) is 0. The molecule has 0 aromatic carbocycles. The van der Waals surface area contributed by atoms with Crippen molar-refractivity contribution in [1.82, 2.24) is 4.90 Å². The van der Waals surface area contributed by atoms with Gasteiger partial charge in [0.2, 0.25) is 0 Å². The van der Waals surface area contributed by atoms with Gasteiger partial charge in [0.25, 0.3) is 5.91 Å². The standard InChI is InChI=1S/C5H7N3O3/c6-5-7-3(9)1-8(5)2-4(10)11/h1-2H2,(H,10,11)(H2,6,7,9). The largest absolute Gasteiger partial charge is 0.480 e. The molecule has 1 heterocycles. The highest BCUT2D eigenvalue weighted by Gasteiger charge is 2.22. The van der Waals surface area contributed by atoms with Crippen LogP contribution in [0.3, 0.4) is 0 Å².